The van der Waals surface area contributed by atoms with E-state index in [2.05, 4.69) is 234 Å². The van der Waals surface area contributed by atoms with Gasteiger partial charge in [-0.15, -0.1) is 155 Å². The third-order valence-electron chi connectivity index (χ3n) is 24.2. The summed E-state index contributed by atoms with van der Waals surface area (Å²) in [5.41, 5.74) is 26.5. The second-order valence-electron chi connectivity index (χ2n) is 36.3. The fraction of sp³-hybridized carbons (Fsp3) is 0.116. The molecule has 0 aliphatic carbocycles. The predicted molar refractivity (Wildman–Crippen MR) is 551 cm³/mol. The average Bonchev–Trinajstić information content (AvgIpc) is 1.55. The van der Waals surface area contributed by atoms with Crippen LogP contribution in [0.15, 0.2) is 346 Å². The molecule has 704 valence electrons. The van der Waals surface area contributed by atoms with Crippen LogP contribution < -0.4 is 18.9 Å². The summed E-state index contributed by atoms with van der Waals surface area (Å²) < 4.78 is 33.5. The summed E-state index contributed by atoms with van der Waals surface area (Å²) in [5, 5.41) is 5.02. The van der Waals surface area contributed by atoms with Gasteiger partial charge in [-0.2, -0.15) is 0 Å². The summed E-state index contributed by atoms with van der Waals surface area (Å²) in [4.78, 5) is 42.3. The minimum atomic E-state index is 0. The molecule has 0 spiro atoms. The largest absolute Gasteiger partial charge is 2.00 e. The molecule has 0 atom stereocenters. The molecule has 24 rings (SSSR count). The molecule has 0 amide bonds. The summed E-state index contributed by atoms with van der Waals surface area (Å²) in [6.45, 7) is 21.6. The van der Waals surface area contributed by atoms with E-state index in [1.165, 1.54) is 11.1 Å². The molecule has 11 heterocycles. The van der Waals surface area contributed by atoms with Crippen LogP contribution in [0.3, 0.4) is 0 Å². The van der Waals surface area contributed by atoms with Gasteiger partial charge in [-0.05, 0) is 169 Å². The van der Waals surface area contributed by atoms with Gasteiger partial charge in [-0.25, -0.2) is 0 Å². The Morgan fingerprint density at radius 1 is 0.275 bits per heavy atom. The molecule has 0 unspecified atom stereocenters. The zero-order chi connectivity index (χ0) is 94.3. The molecular formula is C121H91N13O4Pd4. The van der Waals surface area contributed by atoms with Crippen LogP contribution in [0.5, 0.6) is 46.0 Å². The number of nitrogens with zero attached hydrogens (tertiary/aromatic N) is 13. The van der Waals surface area contributed by atoms with E-state index in [1.807, 2.05) is 269 Å². The summed E-state index contributed by atoms with van der Waals surface area (Å²) >= 11 is 0. The number of para-hydroxylation sites is 9. The van der Waals surface area contributed by atoms with Crippen molar-refractivity contribution in [2.45, 2.75) is 86.1 Å². The fourth-order valence-corrected chi connectivity index (χ4v) is 17.4. The van der Waals surface area contributed by atoms with Crippen LogP contribution in [0.4, 0.5) is 0 Å². The molecule has 17 nitrogen and oxygen atoms in total. The van der Waals surface area contributed by atoms with Crippen molar-refractivity contribution in [1.82, 2.24) is 62.8 Å². The van der Waals surface area contributed by atoms with Crippen LogP contribution in [-0.4, -0.2) is 62.8 Å². The van der Waals surface area contributed by atoms with Crippen molar-refractivity contribution in [1.29, 1.82) is 0 Å². The number of rotatable bonds is 15. The van der Waals surface area contributed by atoms with Crippen LogP contribution >= 0.6 is 0 Å². The maximum absolute atomic E-state index is 6.28. The van der Waals surface area contributed by atoms with E-state index in [-0.39, 0.29) is 98.6 Å². The molecule has 0 aliphatic heterocycles. The number of ether oxygens (including phenoxy) is 4. The zero-order valence-corrected chi connectivity index (χ0v) is 85.4. The smallest absolute Gasteiger partial charge is 0.497 e. The molecule has 142 heavy (non-hydrogen) atoms. The topological polar surface area (TPSA) is 172 Å². The van der Waals surface area contributed by atoms with E-state index in [0.29, 0.717) is 46.0 Å². The van der Waals surface area contributed by atoms with Crippen LogP contribution in [0.1, 0.15) is 83.7 Å². The second-order valence-corrected chi connectivity index (χ2v) is 36.3. The number of pyridine rings is 7. The molecule has 0 saturated carbocycles. The van der Waals surface area contributed by atoms with Crippen molar-refractivity contribution < 1.29 is 101 Å². The van der Waals surface area contributed by atoms with E-state index in [4.69, 9.17) is 43.9 Å². The number of fused-ring (bicyclic) bond motifs is 18. The SMILES string of the molecule is CC(C)(C)c1ccnc(-c2[c-]c(Oc3[c-]c4c(cc3)c3ncccc3n3c5ccccc5nc43)ccc2)c1.CC(C)n1c(-c2[c-]c(Oc3[c-]c(-c4cc(C(C)(C)C)ccn4)ccc3)ccc2)nc2ccccc21.Cc1ccnc(-c2[c-]c(Oc3[c-]c(-c4nc5ccccc5n4C)ccc3)ccc2)c1.Cc1ccnc(-c2[c-]c(Oc3[c-]c4c(cc3)c3ccccc3n3c5ccccc5nc43)ccc2)c1.[Pd+2].[Pd+2].[Pd+2].[Pd+2]. The van der Waals surface area contributed by atoms with E-state index < -0.39 is 0 Å². The first kappa shape index (κ1) is 98.9. The van der Waals surface area contributed by atoms with Gasteiger partial charge in [-0.3, -0.25) is 24.9 Å². The molecule has 24 aromatic rings. The number of hydrogen-bond acceptors (Lipinski definition) is 13. The van der Waals surface area contributed by atoms with Gasteiger partial charge < -0.3 is 56.8 Å². The Balaban J connectivity index is 0.000000129. The van der Waals surface area contributed by atoms with Crippen LogP contribution in [0.25, 0.3) is 167 Å². The van der Waals surface area contributed by atoms with E-state index in [1.54, 1.807) is 6.20 Å². The Kier molecular flexibility index (Phi) is 29.5. The second kappa shape index (κ2) is 42.4. The van der Waals surface area contributed by atoms with Gasteiger partial charge in [0.15, 0.2) is 0 Å². The minimum Gasteiger partial charge on any atom is -0.497 e. The van der Waals surface area contributed by atoms with Gasteiger partial charge in [0.05, 0.1) is 78.1 Å². The fourth-order valence-electron chi connectivity index (χ4n) is 17.4. The van der Waals surface area contributed by atoms with Crippen molar-refractivity contribution in [3.63, 3.8) is 0 Å². The van der Waals surface area contributed by atoms with Gasteiger partial charge in [0.1, 0.15) is 0 Å². The van der Waals surface area contributed by atoms with E-state index >= 15 is 0 Å². The van der Waals surface area contributed by atoms with Crippen molar-refractivity contribution in [3.8, 4) is 114 Å². The van der Waals surface area contributed by atoms with Gasteiger partial charge in [0.2, 0.25) is 0 Å². The number of benzene rings is 13. The van der Waals surface area contributed by atoms with Gasteiger partial charge >= 0.3 is 81.7 Å². The number of imidazole rings is 4. The Morgan fingerprint density at radius 2 is 0.613 bits per heavy atom. The van der Waals surface area contributed by atoms with Crippen molar-refractivity contribution in [2.24, 2.45) is 7.05 Å². The third-order valence-corrected chi connectivity index (χ3v) is 24.2. The molecule has 21 heteroatoms. The quantitative estimate of drug-likeness (QED) is 0.0540. The molecule has 0 fully saturated rings. The summed E-state index contributed by atoms with van der Waals surface area (Å²) in [5.74, 6) is 6.64. The van der Waals surface area contributed by atoms with Gasteiger partial charge in [-0.1, -0.05) is 226 Å². The number of hydrogen-bond donors (Lipinski definition) is 0. The maximum atomic E-state index is 6.28. The van der Waals surface area contributed by atoms with Crippen LogP contribution in [-0.2, 0) is 99.6 Å². The van der Waals surface area contributed by atoms with Crippen molar-refractivity contribution in [3.05, 3.63) is 417 Å². The Hall–Kier alpha value is -14.7. The van der Waals surface area contributed by atoms with Crippen LogP contribution in [0, 0.1) is 62.4 Å². The summed E-state index contributed by atoms with van der Waals surface area (Å²) in [6.07, 6.45) is 9.15. The Morgan fingerprint density at radius 3 is 1.05 bits per heavy atom. The molecule has 0 radical (unpaired) electrons. The van der Waals surface area contributed by atoms with Crippen molar-refractivity contribution >= 4 is 98.9 Å². The standard InChI is InChI=1S/C33H24N4O.C31H19N3O.C31H29N3O.C26H19N3O.4Pd/c1-33(2,3)22-15-17-34-28(19-22)21-8-6-9-23(18-21)38-24-13-14-25-26(20-24)32-36-27-10-4-5-11-29(27)37(32)30-12-7-16-35-31(25)30;1-20-15-16-32-28(17-20)21-7-6-8-22(18-21)35-23-13-14-24-25-9-2-4-11-29(25)34-30-12-5-3-10-27(30)33-31(34)26(24)19-23;1-21(2)34-29-15-7-6-14-27(29)33-30(34)23-11-9-13-26(19-23)35-25-12-8-10-22(18-25)28-20-24(16-17-32-28)31(3,4)5;1-18-13-14-27-24(15-18)19-7-5-9-21(16-19)30-22-10-6-8-20(17-22)26-28-23-11-3-4-12-25(23)29(26)2;;;;/h4-17,19H,1-3H3;2-17H,1H3;6-17,20-21H,1-5H3;3-15H,1-2H3;;;;/q4*-2;4*+2. The van der Waals surface area contributed by atoms with E-state index in [9.17, 15) is 0 Å². The van der Waals surface area contributed by atoms with E-state index in [0.717, 1.165) is 178 Å². The molecule has 0 aliphatic rings. The Labute approximate surface area is 878 Å². The first-order valence-electron chi connectivity index (χ1n) is 45.9. The predicted octanol–water partition coefficient (Wildman–Crippen LogP) is 29.5. The average molecular weight is 2220 g/mol. The van der Waals surface area contributed by atoms with Crippen LogP contribution in [0.2, 0.25) is 0 Å². The Bertz CT molecular complexity index is 8780. The molecule has 0 bridgehead atoms. The maximum Gasteiger partial charge on any atom is 2.00 e. The number of aromatic nitrogens is 13. The molecule has 0 N–H and O–H groups in total. The first-order chi connectivity index (χ1) is 67.2. The zero-order valence-electron chi connectivity index (χ0n) is 79.2. The van der Waals surface area contributed by atoms with Crippen molar-refractivity contribution in [2.75, 3.05) is 0 Å². The van der Waals surface area contributed by atoms with Gasteiger partial charge in [0, 0.05) is 95.6 Å². The minimum absolute atomic E-state index is 0. The molecule has 13 aromatic carbocycles. The molecular weight excluding hydrogens is 2130 g/mol. The monoisotopic (exact) mass is 2210 g/mol. The first-order valence-corrected chi connectivity index (χ1v) is 45.9. The molecule has 0 saturated heterocycles. The van der Waals surface area contributed by atoms with Gasteiger partial charge in [0.25, 0.3) is 0 Å². The third kappa shape index (κ3) is 20.8. The molecule has 11 aromatic heterocycles. The number of aryl methyl sites for hydroxylation is 3. The summed E-state index contributed by atoms with van der Waals surface area (Å²) in [6, 6.07) is 132. The normalized spacial score (nSPS) is 11.3. The summed E-state index contributed by atoms with van der Waals surface area (Å²) in [7, 11) is 2.01.